The highest BCUT2D eigenvalue weighted by molar-refractivity contribution is 7.47. The Balaban J connectivity index is 4.61. The van der Waals surface area contributed by atoms with Gasteiger partial charge in [-0.1, -0.05) is 232 Å². The van der Waals surface area contributed by atoms with Crippen LogP contribution < -0.4 is 0 Å². The number of carbonyl (C=O) groups is 3. The smallest absolute Gasteiger partial charge is 0.463 e. The van der Waals surface area contributed by atoms with Crippen molar-refractivity contribution in [3.05, 3.63) is 122 Å². The molecule has 0 aliphatic carbocycles. The normalized spacial score (nSPS) is 15.1. The molecule has 0 spiro atoms. The Morgan fingerprint density at radius 1 is 0.333 bits per heavy atom. The van der Waals surface area contributed by atoms with Gasteiger partial charge in [0.2, 0.25) is 0 Å². The second-order valence-electron chi connectivity index (χ2n) is 21.5. The topological polar surface area (TPSA) is 231 Å². The van der Waals surface area contributed by atoms with E-state index in [1.165, 1.54) is 38.5 Å². The minimum atomic E-state index is -4.93. The molecule has 0 amide bonds. The van der Waals surface area contributed by atoms with Crippen molar-refractivity contribution in [3.8, 4) is 0 Å². The minimum Gasteiger partial charge on any atom is -0.463 e. The van der Waals surface area contributed by atoms with Crippen molar-refractivity contribution < 1.29 is 75.8 Å². The van der Waals surface area contributed by atoms with Crippen LogP contribution in [0.5, 0.6) is 0 Å². The standard InChI is InChI=1S/C69H116O16P2/c1-4-7-10-13-16-19-22-24-26-28-29-30-31-32-33-35-37-38-41-43-46-49-52-55-67(72)79-58-64(70)59-81-86(75,76)82-60-65(71)61-83-87(77,78)84-63-66(85-69(74)57-54-51-48-45-40-21-18-15-12-9-6-3)62-80-68(73)56-53-50-47-44-42-39-36-34-27-25-23-20-17-14-11-8-5-2/h7-8,10-11,16-17,19-20,24-27,29-30,32-33,36-39,64-66,70-71H,4-6,9,12-15,18,21-23,28,31,34-35,40-63H2,1-3H3,(H,75,76)(H,77,78)/b10-7-,11-8-,19-16-,20-17-,26-24-,27-25-,30-29-,33-32-,38-37-,39-36-. The van der Waals surface area contributed by atoms with E-state index in [2.05, 4.69) is 142 Å². The van der Waals surface area contributed by atoms with Crippen LogP contribution in [-0.2, 0) is 55.8 Å². The summed E-state index contributed by atoms with van der Waals surface area (Å²) in [6.45, 7) is 2.35. The van der Waals surface area contributed by atoms with Crippen molar-refractivity contribution in [3.63, 3.8) is 0 Å². The molecule has 0 rings (SSSR count). The highest BCUT2D eigenvalue weighted by atomic mass is 31.2. The Bertz CT molecular complexity index is 2070. The molecule has 0 bridgehead atoms. The van der Waals surface area contributed by atoms with Gasteiger partial charge in [-0.25, -0.2) is 9.13 Å². The van der Waals surface area contributed by atoms with Crippen LogP contribution in [-0.4, -0.2) is 95.9 Å². The number of allylic oxidation sites excluding steroid dienone is 20. The molecule has 498 valence electrons. The average Bonchev–Trinajstić information content (AvgIpc) is 3.57. The maximum atomic E-state index is 12.9. The van der Waals surface area contributed by atoms with Crippen molar-refractivity contribution in [2.45, 2.75) is 257 Å². The summed E-state index contributed by atoms with van der Waals surface area (Å²) in [7, 11) is -9.78. The van der Waals surface area contributed by atoms with Crippen molar-refractivity contribution in [2.24, 2.45) is 0 Å². The van der Waals surface area contributed by atoms with Crippen LogP contribution in [0.4, 0.5) is 0 Å². The molecule has 0 aliphatic rings. The predicted molar refractivity (Wildman–Crippen MR) is 353 cm³/mol. The lowest BCUT2D eigenvalue weighted by Gasteiger charge is -2.21. The summed E-state index contributed by atoms with van der Waals surface area (Å²) in [6, 6.07) is 0. The van der Waals surface area contributed by atoms with Gasteiger partial charge >= 0.3 is 33.6 Å². The number of aliphatic hydroxyl groups is 2. The molecule has 5 atom stereocenters. The molecule has 16 nitrogen and oxygen atoms in total. The molecule has 0 radical (unpaired) electrons. The van der Waals surface area contributed by atoms with E-state index in [1.54, 1.807) is 0 Å². The summed E-state index contributed by atoms with van der Waals surface area (Å²) in [5, 5.41) is 20.5. The summed E-state index contributed by atoms with van der Waals surface area (Å²) >= 11 is 0. The summed E-state index contributed by atoms with van der Waals surface area (Å²) in [6.07, 6.45) is 69.8. The molecule has 0 aromatic carbocycles. The van der Waals surface area contributed by atoms with Gasteiger partial charge in [-0.05, 0) is 109 Å². The molecule has 0 aliphatic heterocycles. The van der Waals surface area contributed by atoms with Gasteiger partial charge in [-0.2, -0.15) is 0 Å². The third-order valence-corrected chi connectivity index (χ3v) is 15.1. The van der Waals surface area contributed by atoms with E-state index in [-0.39, 0.29) is 19.3 Å². The third kappa shape index (κ3) is 63.3. The van der Waals surface area contributed by atoms with Gasteiger partial charge in [-0.15, -0.1) is 0 Å². The first-order valence-corrected chi connectivity index (χ1v) is 35.8. The number of hydrogen-bond donors (Lipinski definition) is 4. The molecule has 0 aromatic heterocycles. The maximum absolute atomic E-state index is 12.9. The Hall–Kier alpha value is -4.05. The largest absolute Gasteiger partial charge is 0.472 e. The average molecular weight is 1260 g/mol. The SMILES string of the molecule is CC/C=C\C/C=C\C/C=C\C/C=C\C/C=C\C/C=C\CCCCCCC(=O)OCC(O)COP(=O)(O)OCC(O)COP(=O)(O)OCC(COC(=O)CCCCCC/C=C\C/C=C\C/C=C\C/C=C\CC)OC(=O)CCCCCCCCCCCCC. The molecule has 87 heavy (non-hydrogen) atoms. The van der Waals surface area contributed by atoms with E-state index < -0.39 is 91.5 Å². The zero-order valence-corrected chi connectivity index (χ0v) is 55.4. The number of unbranched alkanes of at least 4 members (excludes halogenated alkanes) is 18. The first kappa shape index (κ1) is 83.0. The Morgan fingerprint density at radius 2 is 0.609 bits per heavy atom. The molecule has 0 saturated carbocycles. The first-order chi connectivity index (χ1) is 42.2. The fraction of sp³-hybridized carbons (Fsp3) is 0.667. The van der Waals surface area contributed by atoms with Crippen LogP contribution in [0.25, 0.3) is 0 Å². The first-order valence-electron chi connectivity index (χ1n) is 32.8. The molecule has 0 fully saturated rings. The summed E-state index contributed by atoms with van der Waals surface area (Å²) in [5.74, 6) is -1.63. The Morgan fingerprint density at radius 3 is 0.966 bits per heavy atom. The summed E-state index contributed by atoms with van der Waals surface area (Å²) < 4.78 is 60.7. The van der Waals surface area contributed by atoms with E-state index in [9.17, 15) is 43.5 Å². The molecular formula is C69H116O16P2. The summed E-state index contributed by atoms with van der Waals surface area (Å²) in [5.41, 5.74) is 0. The van der Waals surface area contributed by atoms with E-state index in [4.69, 9.17) is 32.3 Å². The van der Waals surface area contributed by atoms with Gasteiger partial charge in [-0.3, -0.25) is 32.5 Å². The quantitative estimate of drug-likeness (QED) is 0.0146. The zero-order chi connectivity index (χ0) is 63.8. The second kappa shape index (κ2) is 62.2. The number of esters is 3. The molecule has 18 heteroatoms. The lowest BCUT2D eigenvalue weighted by atomic mass is 10.1. The molecule has 0 saturated heterocycles. The van der Waals surface area contributed by atoms with E-state index >= 15 is 0 Å². The molecule has 0 aromatic rings. The fourth-order valence-corrected chi connectivity index (χ4v) is 9.80. The van der Waals surface area contributed by atoms with Crippen LogP contribution in [0.1, 0.15) is 239 Å². The van der Waals surface area contributed by atoms with Crippen LogP contribution in [0, 0.1) is 0 Å². The number of carbonyl (C=O) groups excluding carboxylic acids is 3. The van der Waals surface area contributed by atoms with Gasteiger partial charge in [0, 0.05) is 19.3 Å². The van der Waals surface area contributed by atoms with Crippen molar-refractivity contribution in [1.82, 2.24) is 0 Å². The zero-order valence-electron chi connectivity index (χ0n) is 53.6. The number of ether oxygens (including phenoxy) is 3. The lowest BCUT2D eigenvalue weighted by molar-refractivity contribution is -0.161. The fourth-order valence-electron chi connectivity index (χ4n) is 8.21. The number of hydrogen-bond acceptors (Lipinski definition) is 14. The molecule has 5 unspecified atom stereocenters. The van der Waals surface area contributed by atoms with Gasteiger partial charge in [0.1, 0.15) is 25.4 Å². The molecule has 0 heterocycles. The van der Waals surface area contributed by atoms with E-state index in [1.807, 2.05) is 0 Å². The van der Waals surface area contributed by atoms with Crippen LogP contribution in [0.15, 0.2) is 122 Å². The van der Waals surface area contributed by atoms with Gasteiger partial charge in [0.25, 0.3) is 0 Å². The van der Waals surface area contributed by atoms with Gasteiger partial charge in [0.15, 0.2) is 6.10 Å². The minimum absolute atomic E-state index is 0.0980. The Labute approximate surface area is 525 Å². The highest BCUT2D eigenvalue weighted by Crippen LogP contribution is 2.45. The number of aliphatic hydroxyl groups excluding tert-OH is 2. The van der Waals surface area contributed by atoms with Crippen molar-refractivity contribution >= 4 is 33.6 Å². The van der Waals surface area contributed by atoms with Crippen molar-refractivity contribution in [1.29, 1.82) is 0 Å². The second-order valence-corrected chi connectivity index (χ2v) is 24.4. The monoisotopic (exact) mass is 1260 g/mol. The number of phosphoric ester groups is 2. The highest BCUT2D eigenvalue weighted by Gasteiger charge is 2.29. The van der Waals surface area contributed by atoms with Gasteiger partial charge < -0.3 is 34.2 Å². The third-order valence-electron chi connectivity index (χ3n) is 13.2. The van der Waals surface area contributed by atoms with Crippen molar-refractivity contribution in [2.75, 3.05) is 39.6 Å². The van der Waals surface area contributed by atoms with Crippen LogP contribution in [0.2, 0.25) is 0 Å². The van der Waals surface area contributed by atoms with E-state index in [0.717, 1.165) is 141 Å². The number of rotatable bonds is 61. The van der Waals surface area contributed by atoms with E-state index in [0.29, 0.717) is 19.3 Å². The molecule has 4 N–H and O–H groups in total. The van der Waals surface area contributed by atoms with Gasteiger partial charge in [0.05, 0.1) is 26.4 Å². The lowest BCUT2D eigenvalue weighted by Crippen LogP contribution is -2.30. The van der Waals surface area contributed by atoms with Crippen LogP contribution >= 0.6 is 15.6 Å². The van der Waals surface area contributed by atoms with Crippen LogP contribution in [0.3, 0.4) is 0 Å². The Kier molecular flexibility index (Phi) is 59.3. The summed E-state index contributed by atoms with van der Waals surface area (Å²) in [4.78, 5) is 58.2. The predicted octanol–water partition coefficient (Wildman–Crippen LogP) is 17.9. The maximum Gasteiger partial charge on any atom is 0.472 e. The number of phosphoric acid groups is 2. The molecular weight excluding hydrogens is 1150 g/mol.